The summed E-state index contributed by atoms with van der Waals surface area (Å²) in [5.41, 5.74) is 1.36. The molecule has 31 heavy (non-hydrogen) atoms. The molecule has 0 bridgehead atoms. The summed E-state index contributed by atoms with van der Waals surface area (Å²) in [6, 6.07) is 15.5. The second kappa shape index (κ2) is 8.34. The first-order valence-corrected chi connectivity index (χ1v) is 13.2. The van der Waals surface area contributed by atoms with E-state index in [1.165, 1.54) is 34.1 Å². The van der Waals surface area contributed by atoms with E-state index in [0.29, 0.717) is 26.2 Å². The van der Waals surface area contributed by atoms with Gasteiger partial charge in [0, 0.05) is 32.7 Å². The fraction of sp³-hybridized carbons (Fsp3) is 0.381. The lowest BCUT2D eigenvalue weighted by atomic mass is 10.2. The number of carbonyl (C=O) groups is 1. The van der Waals surface area contributed by atoms with Gasteiger partial charge >= 0.3 is 0 Å². The standard InChI is InChI=1S/C21H25N3O5S2/c1-17-16-30(26,27)24(21(17)25)19-7-9-20(10-8-19)31(28,29)23-13-11-22(12-14-23)15-18-5-3-2-4-6-18/h2-10,17H,11-16H2,1H3/t17-/m0/s1. The maximum absolute atomic E-state index is 13.0. The quantitative estimate of drug-likeness (QED) is 0.667. The Bertz CT molecular complexity index is 1160. The van der Waals surface area contributed by atoms with Crippen LogP contribution in [-0.2, 0) is 31.4 Å². The SMILES string of the molecule is C[C@H]1CS(=O)(=O)N(c2ccc(S(=O)(=O)N3CCN(Cc4ccccc4)CC3)cc2)C1=O. The van der Waals surface area contributed by atoms with Crippen LogP contribution in [0.2, 0.25) is 0 Å². The van der Waals surface area contributed by atoms with Gasteiger partial charge in [-0.25, -0.2) is 21.1 Å². The molecular formula is C21H25N3O5S2. The molecule has 2 aliphatic rings. The molecule has 0 N–H and O–H groups in total. The fourth-order valence-corrected chi connectivity index (χ4v) is 7.20. The zero-order chi connectivity index (χ0) is 22.2. The minimum atomic E-state index is -3.72. The summed E-state index contributed by atoms with van der Waals surface area (Å²) in [7, 11) is -7.42. The van der Waals surface area contributed by atoms with Crippen LogP contribution in [0.25, 0.3) is 0 Å². The summed E-state index contributed by atoms with van der Waals surface area (Å²) in [5.74, 6) is -1.34. The Morgan fingerprint density at radius 3 is 2.10 bits per heavy atom. The molecule has 0 radical (unpaired) electrons. The minimum Gasteiger partial charge on any atom is -0.296 e. The van der Waals surface area contributed by atoms with E-state index in [9.17, 15) is 21.6 Å². The van der Waals surface area contributed by atoms with Gasteiger partial charge in [0.25, 0.3) is 0 Å². The number of nitrogens with zero attached hydrogens (tertiary/aromatic N) is 3. The molecular weight excluding hydrogens is 438 g/mol. The maximum atomic E-state index is 13.0. The molecule has 2 fully saturated rings. The molecule has 0 saturated carbocycles. The van der Waals surface area contributed by atoms with E-state index in [1.807, 2.05) is 18.2 Å². The van der Waals surface area contributed by atoms with Crippen molar-refractivity contribution in [3.8, 4) is 0 Å². The van der Waals surface area contributed by atoms with Crippen molar-refractivity contribution in [3.63, 3.8) is 0 Å². The monoisotopic (exact) mass is 463 g/mol. The van der Waals surface area contributed by atoms with Crippen molar-refractivity contribution in [2.24, 2.45) is 5.92 Å². The largest absolute Gasteiger partial charge is 0.296 e. The summed E-state index contributed by atoms with van der Waals surface area (Å²) in [4.78, 5) is 14.5. The minimum absolute atomic E-state index is 0.0878. The van der Waals surface area contributed by atoms with Gasteiger partial charge in [-0.1, -0.05) is 37.3 Å². The summed E-state index contributed by atoms with van der Waals surface area (Å²) in [6.45, 7) is 4.37. The maximum Gasteiger partial charge on any atom is 0.244 e. The number of amides is 1. The molecule has 2 aliphatic heterocycles. The Morgan fingerprint density at radius 1 is 0.935 bits per heavy atom. The summed E-state index contributed by atoms with van der Waals surface area (Å²) < 4.78 is 52.8. The second-order valence-corrected chi connectivity index (χ2v) is 11.7. The predicted molar refractivity (Wildman–Crippen MR) is 117 cm³/mol. The molecule has 2 saturated heterocycles. The first-order chi connectivity index (χ1) is 14.7. The molecule has 10 heteroatoms. The van der Waals surface area contributed by atoms with Crippen LogP contribution in [0.5, 0.6) is 0 Å². The molecule has 2 heterocycles. The Balaban J connectivity index is 1.44. The highest BCUT2D eigenvalue weighted by molar-refractivity contribution is 7.94. The number of hydrogen-bond acceptors (Lipinski definition) is 6. The Morgan fingerprint density at radius 2 is 1.55 bits per heavy atom. The molecule has 1 amide bonds. The molecule has 0 unspecified atom stereocenters. The summed E-state index contributed by atoms with van der Waals surface area (Å²) in [5, 5.41) is 0. The average molecular weight is 464 g/mol. The third-order valence-corrected chi connectivity index (χ3v) is 9.43. The fourth-order valence-electron chi connectivity index (χ4n) is 3.96. The topological polar surface area (TPSA) is 95.1 Å². The van der Waals surface area contributed by atoms with Crippen molar-refractivity contribution in [2.75, 3.05) is 36.2 Å². The van der Waals surface area contributed by atoms with E-state index in [1.54, 1.807) is 6.92 Å². The first kappa shape index (κ1) is 21.9. The van der Waals surface area contributed by atoms with Crippen LogP contribution in [0, 0.1) is 5.92 Å². The third-order valence-electron chi connectivity index (χ3n) is 5.65. The van der Waals surface area contributed by atoms with Gasteiger partial charge in [0.2, 0.25) is 26.0 Å². The Labute approximate surface area is 183 Å². The van der Waals surface area contributed by atoms with Crippen LogP contribution in [0.1, 0.15) is 12.5 Å². The Kier molecular flexibility index (Phi) is 5.91. The van der Waals surface area contributed by atoms with Crippen LogP contribution < -0.4 is 4.31 Å². The van der Waals surface area contributed by atoms with Gasteiger partial charge < -0.3 is 0 Å². The van der Waals surface area contributed by atoms with E-state index < -0.39 is 31.9 Å². The average Bonchev–Trinajstić information content (AvgIpc) is 2.95. The van der Waals surface area contributed by atoms with Crippen LogP contribution in [0.4, 0.5) is 5.69 Å². The smallest absolute Gasteiger partial charge is 0.244 e. The van der Waals surface area contributed by atoms with Gasteiger partial charge in [-0.05, 0) is 29.8 Å². The van der Waals surface area contributed by atoms with Crippen molar-refractivity contribution in [1.29, 1.82) is 0 Å². The lowest BCUT2D eigenvalue weighted by Gasteiger charge is -2.34. The van der Waals surface area contributed by atoms with Gasteiger partial charge in [-0.15, -0.1) is 0 Å². The molecule has 0 spiro atoms. The van der Waals surface area contributed by atoms with E-state index >= 15 is 0 Å². The highest BCUT2D eigenvalue weighted by atomic mass is 32.2. The zero-order valence-electron chi connectivity index (χ0n) is 17.2. The number of sulfonamides is 2. The van der Waals surface area contributed by atoms with Gasteiger partial charge in [0.1, 0.15) is 0 Å². The van der Waals surface area contributed by atoms with Crippen LogP contribution in [0.15, 0.2) is 59.5 Å². The van der Waals surface area contributed by atoms with Gasteiger partial charge in [-0.3, -0.25) is 9.69 Å². The van der Waals surface area contributed by atoms with E-state index in [0.717, 1.165) is 10.8 Å². The lowest BCUT2D eigenvalue weighted by molar-refractivity contribution is -0.119. The van der Waals surface area contributed by atoms with Crippen molar-refractivity contribution in [2.45, 2.75) is 18.4 Å². The Hall–Kier alpha value is -2.27. The van der Waals surface area contributed by atoms with Crippen LogP contribution in [-0.4, -0.2) is 63.9 Å². The van der Waals surface area contributed by atoms with Crippen molar-refractivity contribution >= 4 is 31.6 Å². The number of anilines is 1. The number of benzene rings is 2. The number of hydrogen-bond donors (Lipinski definition) is 0. The lowest BCUT2D eigenvalue weighted by Crippen LogP contribution is -2.48. The van der Waals surface area contributed by atoms with Crippen molar-refractivity contribution < 1.29 is 21.6 Å². The molecule has 166 valence electrons. The molecule has 8 nitrogen and oxygen atoms in total. The summed E-state index contributed by atoms with van der Waals surface area (Å²) in [6.07, 6.45) is 0. The third kappa shape index (κ3) is 4.38. The first-order valence-electron chi connectivity index (χ1n) is 10.1. The van der Waals surface area contributed by atoms with Crippen LogP contribution in [0.3, 0.4) is 0 Å². The van der Waals surface area contributed by atoms with E-state index in [-0.39, 0.29) is 16.3 Å². The van der Waals surface area contributed by atoms with Gasteiger partial charge in [0.15, 0.2) is 0 Å². The molecule has 1 atom stereocenters. The second-order valence-electron chi connectivity index (χ2n) is 7.94. The van der Waals surface area contributed by atoms with E-state index in [2.05, 4.69) is 17.0 Å². The predicted octanol–water partition coefficient (Wildman–Crippen LogP) is 1.51. The van der Waals surface area contributed by atoms with Gasteiger partial charge in [-0.2, -0.15) is 4.31 Å². The molecule has 0 aromatic heterocycles. The highest BCUT2D eigenvalue weighted by Crippen LogP contribution is 2.29. The molecule has 0 aliphatic carbocycles. The number of piperazine rings is 1. The van der Waals surface area contributed by atoms with Crippen molar-refractivity contribution in [1.82, 2.24) is 9.21 Å². The number of carbonyl (C=O) groups excluding carboxylic acids is 1. The van der Waals surface area contributed by atoms with Crippen LogP contribution >= 0.6 is 0 Å². The molecule has 4 rings (SSSR count). The molecule has 2 aromatic rings. The van der Waals surface area contributed by atoms with E-state index in [4.69, 9.17) is 0 Å². The molecule has 2 aromatic carbocycles. The van der Waals surface area contributed by atoms with Crippen molar-refractivity contribution in [3.05, 3.63) is 60.2 Å². The zero-order valence-corrected chi connectivity index (χ0v) is 18.8. The normalized spacial score (nSPS) is 22.7. The highest BCUT2D eigenvalue weighted by Gasteiger charge is 2.42. The number of rotatable bonds is 5. The summed E-state index contributed by atoms with van der Waals surface area (Å²) >= 11 is 0. The van der Waals surface area contributed by atoms with Gasteiger partial charge in [0.05, 0.1) is 22.3 Å².